The van der Waals surface area contributed by atoms with Crippen LogP contribution in [0.15, 0.2) is 48.5 Å². The van der Waals surface area contributed by atoms with Crippen molar-refractivity contribution in [3.8, 4) is 11.1 Å². The lowest BCUT2D eigenvalue weighted by Crippen LogP contribution is -2.47. The molecule has 1 atom stereocenters. The number of hydrogen-bond donors (Lipinski definition) is 2. The van der Waals surface area contributed by atoms with E-state index in [1.807, 2.05) is 48.5 Å². The minimum atomic E-state index is -3.03. The Morgan fingerprint density at radius 3 is 2.06 bits per heavy atom. The number of carboxylic acids is 1. The van der Waals surface area contributed by atoms with E-state index in [-0.39, 0.29) is 12.5 Å². The average molecular weight is 460 g/mol. The number of alkyl halides is 2. The molecule has 1 unspecified atom stereocenters. The van der Waals surface area contributed by atoms with Crippen LogP contribution < -0.4 is 5.32 Å². The van der Waals surface area contributed by atoms with E-state index >= 15 is 0 Å². The molecule has 0 fully saturated rings. The van der Waals surface area contributed by atoms with Gasteiger partial charge in [0.15, 0.2) is 0 Å². The Balaban J connectivity index is 1.64. The van der Waals surface area contributed by atoms with Gasteiger partial charge in [0, 0.05) is 12.0 Å². The van der Waals surface area contributed by atoms with Crippen LogP contribution >= 0.6 is 0 Å². The third-order valence-corrected chi connectivity index (χ3v) is 5.59. The molecule has 7 nitrogen and oxygen atoms in total. The van der Waals surface area contributed by atoms with Crippen LogP contribution in [0, 0.1) is 0 Å². The van der Waals surface area contributed by atoms with Crippen molar-refractivity contribution in [2.45, 2.75) is 44.7 Å². The van der Waals surface area contributed by atoms with Gasteiger partial charge in [0.2, 0.25) is 5.91 Å². The first-order valence-electron chi connectivity index (χ1n) is 10.6. The number of nitrogens with zero attached hydrogens (tertiary/aromatic N) is 1. The molecule has 0 spiro atoms. The van der Waals surface area contributed by atoms with E-state index in [1.54, 1.807) is 13.8 Å². The molecule has 2 amide bonds. The molecule has 0 aromatic heterocycles. The van der Waals surface area contributed by atoms with Crippen LogP contribution in [0.1, 0.15) is 37.3 Å². The van der Waals surface area contributed by atoms with Gasteiger partial charge in [0.05, 0.1) is 6.42 Å². The summed E-state index contributed by atoms with van der Waals surface area (Å²) in [6.07, 6.45) is -4.84. The first kappa shape index (κ1) is 24.2. The molecule has 0 radical (unpaired) electrons. The Bertz CT molecular complexity index is 982. The SMILES string of the molecule is CC(C)N(CC(=O)O)C(=O)CC(NC(=O)OCC1c2ccccc2-c2ccccc21)C(F)F. The quantitative estimate of drug-likeness (QED) is 0.592. The summed E-state index contributed by atoms with van der Waals surface area (Å²) in [5.74, 6) is -2.28. The van der Waals surface area contributed by atoms with Crippen LogP contribution in [-0.2, 0) is 14.3 Å². The number of alkyl carbamates (subject to hydrolysis) is 1. The van der Waals surface area contributed by atoms with Crippen molar-refractivity contribution in [3.05, 3.63) is 59.7 Å². The number of nitrogens with one attached hydrogen (secondary N) is 1. The number of benzene rings is 2. The number of aliphatic carboxylic acids is 1. The first-order valence-corrected chi connectivity index (χ1v) is 10.6. The molecule has 0 bridgehead atoms. The lowest BCUT2D eigenvalue weighted by Gasteiger charge is -2.27. The van der Waals surface area contributed by atoms with E-state index in [9.17, 15) is 23.2 Å². The smallest absolute Gasteiger partial charge is 0.407 e. The van der Waals surface area contributed by atoms with Gasteiger partial charge in [0.1, 0.15) is 19.2 Å². The fourth-order valence-corrected chi connectivity index (χ4v) is 4.00. The molecule has 2 aromatic carbocycles. The van der Waals surface area contributed by atoms with Crippen molar-refractivity contribution in [1.82, 2.24) is 10.2 Å². The molecule has 0 saturated carbocycles. The summed E-state index contributed by atoms with van der Waals surface area (Å²) >= 11 is 0. The number of rotatable bonds is 9. The summed E-state index contributed by atoms with van der Waals surface area (Å²) in [7, 11) is 0. The van der Waals surface area contributed by atoms with Gasteiger partial charge in [-0.1, -0.05) is 48.5 Å². The van der Waals surface area contributed by atoms with Crippen LogP contribution in [0.4, 0.5) is 13.6 Å². The lowest BCUT2D eigenvalue weighted by molar-refractivity contribution is -0.146. The molecule has 1 aliphatic carbocycles. The van der Waals surface area contributed by atoms with E-state index in [1.165, 1.54) is 0 Å². The van der Waals surface area contributed by atoms with Gasteiger partial charge in [-0.3, -0.25) is 9.59 Å². The molecule has 0 heterocycles. The van der Waals surface area contributed by atoms with E-state index < -0.39 is 49.4 Å². The van der Waals surface area contributed by atoms with Crippen molar-refractivity contribution >= 4 is 18.0 Å². The molecule has 9 heteroatoms. The summed E-state index contributed by atoms with van der Waals surface area (Å²) in [6.45, 7) is 2.49. The highest BCUT2D eigenvalue weighted by Gasteiger charge is 2.32. The van der Waals surface area contributed by atoms with Crippen molar-refractivity contribution in [3.63, 3.8) is 0 Å². The van der Waals surface area contributed by atoms with Crippen LogP contribution in [0.2, 0.25) is 0 Å². The van der Waals surface area contributed by atoms with Gasteiger partial charge in [-0.25, -0.2) is 13.6 Å². The van der Waals surface area contributed by atoms with Crippen LogP contribution in [0.3, 0.4) is 0 Å². The highest BCUT2D eigenvalue weighted by molar-refractivity contribution is 5.83. The molecule has 1 aliphatic rings. The first-order chi connectivity index (χ1) is 15.7. The molecule has 0 aliphatic heterocycles. The fourth-order valence-electron chi connectivity index (χ4n) is 4.00. The van der Waals surface area contributed by atoms with Gasteiger partial charge in [-0.05, 0) is 36.1 Å². The Kier molecular flexibility index (Phi) is 7.63. The molecule has 2 aromatic rings. The number of carbonyl (C=O) groups excluding carboxylic acids is 2. The van der Waals surface area contributed by atoms with Crippen molar-refractivity contribution in [2.75, 3.05) is 13.2 Å². The summed E-state index contributed by atoms with van der Waals surface area (Å²) < 4.78 is 32.3. The van der Waals surface area contributed by atoms with Crippen molar-refractivity contribution < 1.29 is 33.0 Å². The van der Waals surface area contributed by atoms with Crippen LogP contribution in [0.25, 0.3) is 11.1 Å². The third kappa shape index (κ3) is 5.66. The molecule has 33 heavy (non-hydrogen) atoms. The summed E-state index contributed by atoms with van der Waals surface area (Å²) in [4.78, 5) is 36.7. The van der Waals surface area contributed by atoms with Crippen molar-refractivity contribution in [1.29, 1.82) is 0 Å². The van der Waals surface area contributed by atoms with Crippen molar-refractivity contribution in [2.24, 2.45) is 0 Å². The van der Waals surface area contributed by atoms with Gasteiger partial charge < -0.3 is 20.1 Å². The van der Waals surface area contributed by atoms with Crippen LogP contribution in [-0.4, -0.2) is 59.6 Å². The molecule has 176 valence electrons. The Morgan fingerprint density at radius 2 is 1.58 bits per heavy atom. The standard InChI is InChI=1S/C24H26F2N2O5/c1-14(2)28(12-22(30)31)21(29)11-20(23(25)26)27-24(32)33-13-19-17-9-5-3-7-15(17)16-8-4-6-10-18(16)19/h3-10,14,19-20,23H,11-13H2,1-2H3,(H,27,32)(H,30,31). The molecular weight excluding hydrogens is 434 g/mol. The maximum Gasteiger partial charge on any atom is 0.407 e. The minimum Gasteiger partial charge on any atom is -0.480 e. The molecule has 0 saturated heterocycles. The fraction of sp³-hybridized carbons (Fsp3) is 0.375. The average Bonchev–Trinajstić information content (AvgIpc) is 3.09. The zero-order valence-electron chi connectivity index (χ0n) is 18.3. The Morgan fingerprint density at radius 1 is 1.03 bits per heavy atom. The number of halogens is 2. The van der Waals surface area contributed by atoms with E-state index in [0.29, 0.717) is 0 Å². The van der Waals surface area contributed by atoms with E-state index in [2.05, 4.69) is 5.32 Å². The number of fused-ring (bicyclic) bond motifs is 3. The molecular formula is C24H26F2N2O5. The van der Waals surface area contributed by atoms with Gasteiger partial charge in [-0.2, -0.15) is 0 Å². The molecule has 2 N–H and O–H groups in total. The summed E-state index contributed by atoms with van der Waals surface area (Å²) in [5.41, 5.74) is 4.03. The second-order valence-corrected chi connectivity index (χ2v) is 8.12. The number of amides is 2. The highest BCUT2D eigenvalue weighted by Crippen LogP contribution is 2.44. The number of ether oxygens (including phenoxy) is 1. The maximum atomic E-state index is 13.5. The zero-order chi connectivity index (χ0) is 24.1. The Hall–Kier alpha value is -3.49. The maximum absolute atomic E-state index is 13.5. The predicted molar refractivity (Wildman–Crippen MR) is 117 cm³/mol. The number of hydrogen-bond acceptors (Lipinski definition) is 4. The Labute approximate surface area is 190 Å². The van der Waals surface area contributed by atoms with E-state index in [4.69, 9.17) is 9.84 Å². The van der Waals surface area contributed by atoms with E-state index in [0.717, 1.165) is 27.2 Å². The second kappa shape index (κ2) is 10.4. The zero-order valence-corrected chi connectivity index (χ0v) is 18.3. The molecule has 3 rings (SSSR count). The lowest BCUT2D eigenvalue weighted by atomic mass is 9.98. The summed E-state index contributed by atoms with van der Waals surface area (Å²) in [6, 6.07) is 13.1. The highest BCUT2D eigenvalue weighted by atomic mass is 19.3. The predicted octanol–water partition coefficient (Wildman–Crippen LogP) is 3.87. The van der Waals surface area contributed by atoms with Gasteiger partial charge in [0.25, 0.3) is 6.43 Å². The second-order valence-electron chi connectivity index (χ2n) is 8.12. The number of carboxylic acid groups (broad SMARTS) is 1. The normalized spacial score (nSPS) is 13.4. The monoisotopic (exact) mass is 460 g/mol. The topological polar surface area (TPSA) is 95.9 Å². The summed E-state index contributed by atoms with van der Waals surface area (Å²) in [5, 5.41) is 11.0. The van der Waals surface area contributed by atoms with Gasteiger partial charge >= 0.3 is 12.1 Å². The largest absolute Gasteiger partial charge is 0.480 e. The number of carbonyl (C=O) groups is 3. The third-order valence-electron chi connectivity index (χ3n) is 5.59. The minimum absolute atomic E-state index is 0.0547. The van der Waals surface area contributed by atoms with Gasteiger partial charge in [-0.15, -0.1) is 0 Å². The van der Waals surface area contributed by atoms with Crippen LogP contribution in [0.5, 0.6) is 0 Å².